The summed E-state index contributed by atoms with van der Waals surface area (Å²) < 4.78 is 4.02. The number of carbonyl (C=O) groups excluding carboxylic acids is 1. The Morgan fingerprint density at radius 1 is 1.25 bits per heavy atom. The van der Waals surface area contributed by atoms with Crippen molar-refractivity contribution in [3.8, 4) is 0 Å². The van der Waals surface area contributed by atoms with Gasteiger partial charge < -0.3 is 4.57 Å². The predicted molar refractivity (Wildman–Crippen MR) is 78.9 cm³/mol. The Morgan fingerprint density at radius 3 is 2.75 bits per heavy atom. The number of carbonyl (C=O) groups is 1. The minimum Gasteiger partial charge on any atom is -0.347 e. The number of Topliss-reactive ketones (excluding diaryl/α,β-unsaturated/α-hetero) is 1. The maximum Gasteiger partial charge on any atom is 0.161 e. The minimum absolute atomic E-state index is 0.0905. The van der Waals surface area contributed by atoms with Crippen LogP contribution in [-0.2, 0) is 13.1 Å². The van der Waals surface area contributed by atoms with Gasteiger partial charge in [0.25, 0.3) is 0 Å². The van der Waals surface area contributed by atoms with Crippen molar-refractivity contribution in [1.82, 2.24) is 14.3 Å². The molecular weight excluding hydrogens is 250 g/mol. The van der Waals surface area contributed by atoms with Gasteiger partial charge in [0.05, 0.1) is 17.8 Å². The average Bonchev–Trinajstić information content (AvgIpc) is 3.05. The first-order chi connectivity index (χ1) is 9.69. The molecule has 0 radical (unpaired) electrons. The molecule has 0 fully saturated rings. The number of hydrogen-bond donors (Lipinski definition) is 0. The summed E-state index contributed by atoms with van der Waals surface area (Å²) in [6.07, 6.45) is 3.80. The largest absolute Gasteiger partial charge is 0.347 e. The molecule has 102 valence electrons. The van der Waals surface area contributed by atoms with E-state index >= 15 is 0 Å². The van der Waals surface area contributed by atoms with Crippen molar-refractivity contribution in [3.05, 3.63) is 54.0 Å². The first-order valence-corrected chi connectivity index (χ1v) is 6.80. The van der Waals surface area contributed by atoms with Gasteiger partial charge in [-0.05, 0) is 26.0 Å². The van der Waals surface area contributed by atoms with Crippen LogP contribution in [0.3, 0.4) is 0 Å². The van der Waals surface area contributed by atoms with Crippen LogP contribution < -0.4 is 0 Å². The van der Waals surface area contributed by atoms with Crippen LogP contribution in [0, 0.1) is 0 Å². The summed E-state index contributed by atoms with van der Waals surface area (Å²) in [6.45, 7) is 5.21. The second kappa shape index (κ2) is 4.96. The van der Waals surface area contributed by atoms with E-state index in [0.717, 1.165) is 23.3 Å². The van der Waals surface area contributed by atoms with Crippen LogP contribution >= 0.6 is 0 Å². The molecule has 0 amide bonds. The minimum atomic E-state index is 0.0905. The lowest BCUT2D eigenvalue weighted by molar-refractivity contribution is 0.101. The lowest BCUT2D eigenvalue weighted by Crippen LogP contribution is -2.01. The van der Waals surface area contributed by atoms with Gasteiger partial charge in [0, 0.05) is 29.9 Å². The number of benzene rings is 1. The van der Waals surface area contributed by atoms with E-state index in [-0.39, 0.29) is 5.78 Å². The van der Waals surface area contributed by atoms with E-state index in [9.17, 15) is 4.79 Å². The number of para-hydroxylation sites is 1. The molecule has 2 aromatic heterocycles. The van der Waals surface area contributed by atoms with Crippen LogP contribution in [0.2, 0.25) is 0 Å². The highest BCUT2D eigenvalue weighted by molar-refractivity contribution is 5.93. The monoisotopic (exact) mass is 267 g/mol. The first-order valence-electron chi connectivity index (χ1n) is 6.80. The molecule has 0 N–H and O–H groups in total. The Labute approximate surface area is 117 Å². The maximum absolute atomic E-state index is 11.3. The fourth-order valence-corrected chi connectivity index (χ4v) is 2.47. The fraction of sp³-hybridized carbons (Fsp3) is 0.250. The van der Waals surface area contributed by atoms with Gasteiger partial charge in [-0.3, -0.25) is 9.48 Å². The number of hydrogen-bond acceptors (Lipinski definition) is 2. The highest BCUT2D eigenvalue weighted by atomic mass is 16.1. The topological polar surface area (TPSA) is 39.8 Å². The Hall–Kier alpha value is -2.36. The summed E-state index contributed by atoms with van der Waals surface area (Å²) >= 11 is 0. The summed E-state index contributed by atoms with van der Waals surface area (Å²) in [7, 11) is 0. The first kappa shape index (κ1) is 12.7. The van der Waals surface area contributed by atoms with Gasteiger partial charge in [0.15, 0.2) is 5.78 Å². The van der Waals surface area contributed by atoms with Gasteiger partial charge in [-0.25, -0.2) is 0 Å². The second-order valence-electron chi connectivity index (χ2n) is 4.91. The van der Waals surface area contributed by atoms with Gasteiger partial charge in [-0.15, -0.1) is 0 Å². The van der Waals surface area contributed by atoms with E-state index in [4.69, 9.17) is 0 Å². The number of aryl methyl sites for hydroxylation is 1. The molecule has 0 aliphatic rings. The molecule has 0 aliphatic heterocycles. The zero-order chi connectivity index (χ0) is 14.1. The van der Waals surface area contributed by atoms with Crippen LogP contribution in [0.1, 0.15) is 29.9 Å². The van der Waals surface area contributed by atoms with Crippen LogP contribution in [0.5, 0.6) is 0 Å². The summed E-state index contributed by atoms with van der Waals surface area (Å²) in [5, 5.41) is 5.84. The Morgan fingerprint density at radius 2 is 2.05 bits per heavy atom. The summed E-state index contributed by atoms with van der Waals surface area (Å²) in [5.41, 5.74) is 2.93. The molecule has 3 rings (SSSR count). The molecule has 3 aromatic rings. The Bertz CT molecular complexity index is 767. The third-order valence-corrected chi connectivity index (χ3v) is 3.52. The van der Waals surface area contributed by atoms with Crippen molar-refractivity contribution in [1.29, 1.82) is 0 Å². The number of rotatable bonds is 4. The molecule has 0 saturated carbocycles. The normalized spacial score (nSPS) is 11.1. The SMILES string of the molecule is CCn1nc(Cn2ccc(C(C)=O)c2)c2ccccc21. The van der Waals surface area contributed by atoms with E-state index in [1.54, 1.807) is 6.92 Å². The van der Waals surface area contributed by atoms with Crippen LogP contribution in [0.4, 0.5) is 0 Å². The van der Waals surface area contributed by atoms with Crippen LogP contribution in [0.15, 0.2) is 42.7 Å². The third kappa shape index (κ3) is 2.13. The van der Waals surface area contributed by atoms with Gasteiger partial charge in [0.1, 0.15) is 0 Å². The quantitative estimate of drug-likeness (QED) is 0.681. The van der Waals surface area contributed by atoms with Crippen molar-refractivity contribution in [3.63, 3.8) is 0 Å². The summed E-state index contributed by atoms with van der Waals surface area (Å²) in [4.78, 5) is 11.3. The number of nitrogens with zero attached hydrogens (tertiary/aromatic N) is 3. The zero-order valence-corrected chi connectivity index (χ0v) is 11.7. The van der Waals surface area contributed by atoms with E-state index < -0.39 is 0 Å². The third-order valence-electron chi connectivity index (χ3n) is 3.52. The van der Waals surface area contributed by atoms with Crippen molar-refractivity contribution in [2.45, 2.75) is 26.9 Å². The Balaban J connectivity index is 1.99. The molecule has 0 saturated heterocycles. The molecule has 0 atom stereocenters. The Kier molecular flexibility index (Phi) is 3.14. The standard InChI is InChI=1S/C16H17N3O/c1-3-19-16-7-5-4-6-14(16)15(17-19)11-18-9-8-13(10-18)12(2)20/h4-10H,3,11H2,1-2H3. The van der Waals surface area contributed by atoms with Crippen molar-refractivity contribution >= 4 is 16.7 Å². The highest BCUT2D eigenvalue weighted by Crippen LogP contribution is 2.19. The lowest BCUT2D eigenvalue weighted by atomic mass is 10.2. The molecule has 4 heteroatoms. The van der Waals surface area contributed by atoms with E-state index in [0.29, 0.717) is 6.54 Å². The molecule has 0 spiro atoms. The molecule has 1 aromatic carbocycles. The van der Waals surface area contributed by atoms with E-state index in [2.05, 4.69) is 24.2 Å². The molecule has 0 unspecified atom stereocenters. The summed E-state index contributed by atoms with van der Waals surface area (Å²) in [5.74, 6) is 0.0905. The predicted octanol–water partition coefficient (Wildman–Crippen LogP) is 3.11. The molecule has 20 heavy (non-hydrogen) atoms. The van der Waals surface area contributed by atoms with Crippen molar-refractivity contribution in [2.75, 3.05) is 0 Å². The lowest BCUT2D eigenvalue weighted by Gasteiger charge is -1.99. The fourth-order valence-electron chi connectivity index (χ4n) is 2.47. The van der Waals surface area contributed by atoms with Crippen molar-refractivity contribution in [2.24, 2.45) is 0 Å². The average molecular weight is 267 g/mol. The smallest absolute Gasteiger partial charge is 0.161 e. The summed E-state index contributed by atoms with van der Waals surface area (Å²) in [6, 6.07) is 10.1. The molecule has 2 heterocycles. The highest BCUT2D eigenvalue weighted by Gasteiger charge is 2.10. The number of aromatic nitrogens is 3. The number of ketones is 1. The van der Waals surface area contributed by atoms with Gasteiger partial charge >= 0.3 is 0 Å². The molecule has 0 bridgehead atoms. The van der Waals surface area contributed by atoms with Gasteiger partial charge in [-0.2, -0.15) is 5.10 Å². The van der Waals surface area contributed by atoms with Crippen LogP contribution in [0.25, 0.3) is 10.9 Å². The molecule has 0 aliphatic carbocycles. The maximum atomic E-state index is 11.3. The van der Waals surface area contributed by atoms with E-state index in [1.807, 2.05) is 39.8 Å². The van der Waals surface area contributed by atoms with Crippen molar-refractivity contribution < 1.29 is 4.79 Å². The van der Waals surface area contributed by atoms with Gasteiger partial charge in [0.2, 0.25) is 0 Å². The zero-order valence-electron chi connectivity index (χ0n) is 11.7. The molecular formula is C16H17N3O. The van der Waals surface area contributed by atoms with E-state index in [1.165, 1.54) is 5.39 Å². The van der Waals surface area contributed by atoms with Gasteiger partial charge in [-0.1, -0.05) is 18.2 Å². The van der Waals surface area contributed by atoms with Crippen LogP contribution in [-0.4, -0.2) is 20.1 Å². The molecule has 4 nitrogen and oxygen atoms in total. The number of fused-ring (bicyclic) bond motifs is 1. The second-order valence-corrected chi connectivity index (χ2v) is 4.91.